The number of aliphatic carboxylic acids is 1. The van der Waals surface area contributed by atoms with E-state index in [0.29, 0.717) is 11.1 Å². The molecule has 7 heteroatoms. The first-order valence-electron chi connectivity index (χ1n) is 8.83. The van der Waals surface area contributed by atoms with Crippen LogP contribution in [0.3, 0.4) is 0 Å². The average molecular weight is 381 g/mol. The van der Waals surface area contributed by atoms with Crippen LogP contribution in [-0.2, 0) is 4.79 Å². The zero-order chi connectivity index (χ0) is 19.8. The van der Waals surface area contributed by atoms with Gasteiger partial charge in [0.15, 0.2) is 0 Å². The number of hydrogen-bond donors (Lipinski definition) is 1. The minimum atomic E-state index is -4.45. The molecule has 4 nitrogen and oxygen atoms in total. The molecule has 3 unspecified atom stereocenters. The number of rotatable bonds is 4. The van der Waals surface area contributed by atoms with Crippen LogP contribution in [-0.4, -0.2) is 41.8 Å². The van der Waals surface area contributed by atoms with Crippen LogP contribution >= 0.6 is 0 Å². The van der Waals surface area contributed by atoms with Gasteiger partial charge < -0.3 is 9.84 Å². The van der Waals surface area contributed by atoms with Crippen molar-refractivity contribution < 1.29 is 27.8 Å². The van der Waals surface area contributed by atoms with E-state index in [9.17, 15) is 18.0 Å². The van der Waals surface area contributed by atoms with Crippen LogP contribution < -0.4 is 4.74 Å². The molecule has 27 heavy (non-hydrogen) atoms. The van der Waals surface area contributed by atoms with Crippen molar-refractivity contribution in [2.75, 3.05) is 13.7 Å². The number of carbonyl (C=O) groups is 1. The first kappa shape index (κ1) is 19.5. The number of alkyl halides is 3. The monoisotopic (exact) mass is 381 g/mol. The van der Waals surface area contributed by atoms with Crippen LogP contribution in [0.4, 0.5) is 13.2 Å². The Morgan fingerprint density at radius 1 is 1.22 bits per heavy atom. The van der Waals surface area contributed by atoms with Crippen molar-refractivity contribution in [3.8, 4) is 5.75 Å². The van der Waals surface area contributed by atoms with Gasteiger partial charge in [-0.15, -0.1) is 0 Å². The molecule has 0 bridgehead atoms. The van der Waals surface area contributed by atoms with Gasteiger partial charge in [0, 0.05) is 12.6 Å². The number of benzene rings is 2. The number of fused-ring (bicyclic) bond motifs is 1. The van der Waals surface area contributed by atoms with E-state index in [1.807, 2.05) is 0 Å². The smallest absolute Gasteiger partial charge is 0.408 e. The maximum absolute atomic E-state index is 14.0. The third-order valence-corrected chi connectivity index (χ3v) is 5.31. The summed E-state index contributed by atoms with van der Waals surface area (Å²) in [6.45, 7) is 1.77. The topological polar surface area (TPSA) is 49.8 Å². The standard InChI is InChI=1S/C20H22F3NO3/c1-12-9-16(19(25)26)7-8-24(12)18(20(21,22)23)15-4-3-14-11-17(27-2)6-5-13(14)10-15/h3-6,10-12,16,18H,7-9H2,1-2H3,(H,25,26). The molecule has 1 N–H and O–H groups in total. The lowest BCUT2D eigenvalue weighted by Gasteiger charge is -2.42. The Labute approximate surface area is 155 Å². The molecule has 0 amide bonds. The fourth-order valence-corrected chi connectivity index (χ4v) is 3.91. The third kappa shape index (κ3) is 4.03. The van der Waals surface area contributed by atoms with Crippen LogP contribution in [0.15, 0.2) is 36.4 Å². The first-order valence-corrected chi connectivity index (χ1v) is 8.83. The minimum absolute atomic E-state index is 0.100. The molecule has 2 aromatic rings. The minimum Gasteiger partial charge on any atom is -0.497 e. The summed E-state index contributed by atoms with van der Waals surface area (Å²) < 4.78 is 47.0. The maximum Gasteiger partial charge on any atom is 0.408 e. The number of piperidine rings is 1. The molecular formula is C20H22F3NO3. The fraction of sp³-hybridized carbons (Fsp3) is 0.450. The van der Waals surface area contributed by atoms with Crippen molar-refractivity contribution in [3.05, 3.63) is 42.0 Å². The maximum atomic E-state index is 14.0. The number of hydrogen-bond acceptors (Lipinski definition) is 3. The number of carboxylic acids is 1. The van der Waals surface area contributed by atoms with Gasteiger partial charge in [0.25, 0.3) is 0 Å². The van der Waals surface area contributed by atoms with Crippen molar-refractivity contribution in [1.82, 2.24) is 4.90 Å². The van der Waals surface area contributed by atoms with Crippen molar-refractivity contribution >= 4 is 16.7 Å². The Balaban J connectivity index is 1.96. The molecule has 1 aliphatic heterocycles. The molecule has 3 atom stereocenters. The molecular weight excluding hydrogens is 359 g/mol. The Morgan fingerprint density at radius 3 is 2.48 bits per heavy atom. The molecule has 1 aliphatic rings. The van der Waals surface area contributed by atoms with Gasteiger partial charge >= 0.3 is 12.1 Å². The fourth-order valence-electron chi connectivity index (χ4n) is 3.91. The van der Waals surface area contributed by atoms with Crippen LogP contribution in [0, 0.1) is 5.92 Å². The van der Waals surface area contributed by atoms with Crippen molar-refractivity contribution in [2.45, 2.75) is 38.0 Å². The van der Waals surface area contributed by atoms with E-state index >= 15 is 0 Å². The van der Waals surface area contributed by atoms with Crippen LogP contribution in [0.2, 0.25) is 0 Å². The third-order valence-electron chi connectivity index (χ3n) is 5.31. The normalized spacial score (nSPS) is 22.6. The molecule has 1 fully saturated rings. The predicted molar refractivity (Wildman–Crippen MR) is 95.8 cm³/mol. The molecule has 0 spiro atoms. The van der Waals surface area contributed by atoms with E-state index in [1.54, 1.807) is 37.3 Å². The summed E-state index contributed by atoms with van der Waals surface area (Å²) in [6.07, 6.45) is -4.02. The molecule has 0 aliphatic carbocycles. The number of halogens is 3. The second-order valence-corrected chi connectivity index (χ2v) is 7.06. The quantitative estimate of drug-likeness (QED) is 0.839. The van der Waals surface area contributed by atoms with Gasteiger partial charge in [0.05, 0.1) is 13.0 Å². The number of nitrogens with zero attached hydrogens (tertiary/aromatic N) is 1. The lowest BCUT2D eigenvalue weighted by molar-refractivity contribution is -0.197. The molecule has 2 aromatic carbocycles. The van der Waals surface area contributed by atoms with E-state index in [0.717, 1.165) is 5.39 Å². The highest BCUT2D eigenvalue weighted by molar-refractivity contribution is 5.84. The van der Waals surface area contributed by atoms with Crippen molar-refractivity contribution in [1.29, 1.82) is 0 Å². The Morgan fingerprint density at radius 2 is 1.89 bits per heavy atom. The summed E-state index contributed by atoms with van der Waals surface area (Å²) in [6, 6.07) is 7.73. The van der Waals surface area contributed by atoms with Gasteiger partial charge in [0.2, 0.25) is 0 Å². The lowest BCUT2D eigenvalue weighted by Crippen LogP contribution is -2.48. The van der Waals surface area contributed by atoms with E-state index in [4.69, 9.17) is 9.84 Å². The lowest BCUT2D eigenvalue weighted by atomic mass is 9.89. The number of methoxy groups -OCH3 is 1. The molecule has 1 saturated heterocycles. The number of likely N-dealkylation sites (tertiary alicyclic amines) is 1. The first-order chi connectivity index (χ1) is 12.7. The van der Waals surface area contributed by atoms with Crippen molar-refractivity contribution in [2.24, 2.45) is 5.92 Å². The second-order valence-electron chi connectivity index (χ2n) is 7.06. The van der Waals surface area contributed by atoms with Gasteiger partial charge in [-0.05, 0) is 54.3 Å². The summed E-state index contributed by atoms with van der Waals surface area (Å²) in [7, 11) is 1.54. The van der Waals surface area contributed by atoms with Gasteiger partial charge in [-0.1, -0.05) is 18.2 Å². The molecule has 146 valence electrons. The van der Waals surface area contributed by atoms with Gasteiger partial charge in [-0.3, -0.25) is 9.69 Å². The largest absolute Gasteiger partial charge is 0.497 e. The molecule has 3 rings (SSSR count). The van der Waals surface area contributed by atoms with Gasteiger partial charge in [-0.25, -0.2) is 0 Å². The van der Waals surface area contributed by atoms with Gasteiger partial charge in [-0.2, -0.15) is 13.2 Å². The van der Waals surface area contributed by atoms with Crippen LogP contribution in [0.1, 0.15) is 31.4 Å². The highest BCUT2D eigenvalue weighted by Gasteiger charge is 2.47. The zero-order valence-corrected chi connectivity index (χ0v) is 15.2. The zero-order valence-electron chi connectivity index (χ0n) is 15.2. The number of carboxylic acid groups (broad SMARTS) is 1. The summed E-state index contributed by atoms with van der Waals surface area (Å²) >= 11 is 0. The summed E-state index contributed by atoms with van der Waals surface area (Å²) in [4.78, 5) is 12.6. The summed E-state index contributed by atoms with van der Waals surface area (Å²) in [5, 5.41) is 10.7. The Kier molecular flexibility index (Phi) is 5.33. The van der Waals surface area contributed by atoms with E-state index in [-0.39, 0.29) is 24.9 Å². The summed E-state index contributed by atoms with van der Waals surface area (Å²) in [5.74, 6) is -0.883. The van der Waals surface area contributed by atoms with Crippen LogP contribution in [0.25, 0.3) is 10.8 Å². The molecule has 0 radical (unpaired) electrons. The number of ether oxygens (including phenoxy) is 1. The van der Waals surface area contributed by atoms with E-state index in [1.165, 1.54) is 18.1 Å². The molecule has 0 saturated carbocycles. The predicted octanol–water partition coefficient (Wildman–Crippen LogP) is 4.64. The van der Waals surface area contributed by atoms with E-state index in [2.05, 4.69) is 0 Å². The molecule has 0 aromatic heterocycles. The SMILES string of the molecule is COc1ccc2cc(C(N3CCC(C(=O)O)CC3C)C(F)(F)F)ccc2c1. The van der Waals surface area contributed by atoms with E-state index < -0.39 is 30.1 Å². The highest BCUT2D eigenvalue weighted by Crippen LogP contribution is 2.42. The second kappa shape index (κ2) is 7.38. The Bertz CT molecular complexity index is 837. The van der Waals surface area contributed by atoms with Gasteiger partial charge in [0.1, 0.15) is 11.8 Å². The van der Waals surface area contributed by atoms with Crippen molar-refractivity contribution in [3.63, 3.8) is 0 Å². The highest BCUT2D eigenvalue weighted by atomic mass is 19.4. The average Bonchev–Trinajstić information content (AvgIpc) is 2.61. The summed E-state index contributed by atoms with van der Waals surface area (Å²) in [5.41, 5.74) is 0.167. The van der Waals surface area contributed by atoms with Crippen LogP contribution in [0.5, 0.6) is 5.75 Å². The Hall–Kier alpha value is -2.28. The molecule has 1 heterocycles.